The van der Waals surface area contributed by atoms with E-state index in [0.29, 0.717) is 17.5 Å². The van der Waals surface area contributed by atoms with Crippen molar-refractivity contribution in [3.8, 4) is 34.2 Å². The summed E-state index contributed by atoms with van der Waals surface area (Å²) in [4.78, 5) is 16.8. The molecule has 2 aliphatic rings. The van der Waals surface area contributed by atoms with Gasteiger partial charge in [0.05, 0.1) is 5.56 Å². The average molecular weight is 692 g/mol. The second kappa shape index (κ2) is 14.0. The molecule has 4 nitrogen and oxygen atoms in total. The van der Waals surface area contributed by atoms with Crippen LogP contribution >= 0.6 is 11.3 Å². The molecule has 52 heavy (non-hydrogen) atoms. The Hall–Kier alpha value is -5.91. The molecule has 2 aliphatic carbocycles. The number of benzene rings is 4. The van der Waals surface area contributed by atoms with Gasteiger partial charge in [-0.2, -0.15) is 0 Å². The van der Waals surface area contributed by atoms with Crippen molar-refractivity contribution in [2.24, 2.45) is 0 Å². The molecule has 0 radical (unpaired) electrons. The summed E-state index contributed by atoms with van der Waals surface area (Å²) < 4.78 is 7.69. The summed E-state index contributed by atoms with van der Waals surface area (Å²) >= 11 is 1.84. The van der Waals surface area contributed by atoms with Crippen molar-refractivity contribution in [3.63, 3.8) is 0 Å². The van der Waals surface area contributed by atoms with Gasteiger partial charge in [-0.05, 0) is 79.1 Å². The summed E-state index contributed by atoms with van der Waals surface area (Å²) in [6, 6.07) is 29.5. The first kappa shape index (κ1) is 32.0. The molecule has 0 spiro atoms. The van der Waals surface area contributed by atoms with Gasteiger partial charge in [-0.3, -0.25) is 0 Å². The number of fused-ring (bicyclic) bond motifs is 6. The van der Waals surface area contributed by atoms with Gasteiger partial charge >= 0.3 is 0 Å². The fourth-order valence-corrected chi connectivity index (χ4v) is 8.49. The maximum Gasteiger partial charge on any atom is 0.167 e. The van der Waals surface area contributed by atoms with Gasteiger partial charge in [0.2, 0.25) is 0 Å². The van der Waals surface area contributed by atoms with Crippen LogP contribution in [0, 0.1) is 0 Å². The van der Waals surface area contributed by atoms with E-state index < -0.39 is 0 Å². The average Bonchev–Trinajstić information content (AvgIpc) is 3.47. The lowest BCUT2D eigenvalue weighted by molar-refractivity contribution is 0.669. The van der Waals surface area contributed by atoms with Crippen LogP contribution in [0.5, 0.6) is 0 Å². The van der Waals surface area contributed by atoms with E-state index >= 15 is 0 Å². The molecule has 3 heterocycles. The highest BCUT2D eigenvalue weighted by Gasteiger charge is 2.19. The predicted octanol–water partition coefficient (Wildman–Crippen LogP) is 12.8. The van der Waals surface area contributed by atoms with Crippen LogP contribution in [-0.4, -0.2) is 15.0 Å². The molecule has 4 aromatic carbocycles. The normalized spacial score (nSPS) is 14.7. The molecule has 0 N–H and O–H groups in total. The number of hydrogen-bond acceptors (Lipinski definition) is 5. The van der Waals surface area contributed by atoms with Crippen LogP contribution in [0.2, 0.25) is 0 Å². The van der Waals surface area contributed by atoms with E-state index in [2.05, 4.69) is 128 Å². The zero-order valence-corrected chi connectivity index (χ0v) is 29.9. The Kier molecular flexibility index (Phi) is 8.63. The van der Waals surface area contributed by atoms with E-state index in [9.17, 15) is 0 Å². The Balaban J connectivity index is 1.13. The molecule has 0 aliphatic heterocycles. The van der Waals surface area contributed by atoms with E-state index in [1.54, 1.807) is 0 Å². The van der Waals surface area contributed by atoms with Crippen LogP contribution in [0.1, 0.15) is 42.2 Å². The van der Waals surface area contributed by atoms with Crippen molar-refractivity contribution < 1.29 is 4.42 Å². The number of furan rings is 1. The molecule has 0 atom stereocenters. The van der Waals surface area contributed by atoms with Crippen molar-refractivity contribution in [2.45, 2.75) is 39.0 Å². The van der Waals surface area contributed by atoms with E-state index in [-0.39, 0.29) is 0 Å². The van der Waals surface area contributed by atoms with Crippen molar-refractivity contribution in [3.05, 3.63) is 167 Å². The molecular formula is C47H37N3OS. The van der Waals surface area contributed by atoms with Crippen molar-refractivity contribution >= 4 is 49.4 Å². The van der Waals surface area contributed by atoms with Gasteiger partial charge < -0.3 is 4.42 Å². The second-order valence-electron chi connectivity index (χ2n) is 13.3. The maximum absolute atomic E-state index is 6.46. The molecule has 0 unspecified atom stereocenters. The van der Waals surface area contributed by atoms with Crippen LogP contribution < -0.4 is 0 Å². The van der Waals surface area contributed by atoms with Gasteiger partial charge in [0.15, 0.2) is 17.5 Å². The third-order valence-electron chi connectivity index (χ3n) is 9.93. The van der Waals surface area contributed by atoms with Crippen molar-refractivity contribution in [1.29, 1.82) is 0 Å². The topological polar surface area (TPSA) is 51.8 Å². The highest BCUT2D eigenvalue weighted by molar-refractivity contribution is 7.19. The van der Waals surface area contributed by atoms with Crippen molar-refractivity contribution in [1.82, 2.24) is 15.0 Å². The zero-order chi connectivity index (χ0) is 34.9. The lowest BCUT2D eigenvalue weighted by Gasteiger charge is -2.10. The molecule has 9 rings (SSSR count). The first-order chi connectivity index (χ1) is 25.7. The quantitative estimate of drug-likeness (QED) is 0.156. The molecule has 0 amide bonds. The highest BCUT2D eigenvalue weighted by Crippen LogP contribution is 2.38. The largest absolute Gasteiger partial charge is 0.455 e. The fraction of sp³-hybridized carbons (Fsp3) is 0.128. The molecule has 0 fully saturated rings. The van der Waals surface area contributed by atoms with Gasteiger partial charge in [0.1, 0.15) is 11.2 Å². The number of aromatic nitrogens is 3. The van der Waals surface area contributed by atoms with Crippen LogP contribution in [0.4, 0.5) is 0 Å². The lowest BCUT2D eigenvalue weighted by atomic mass is 9.99. The number of nitrogens with zero attached hydrogens (tertiary/aromatic N) is 3. The Morgan fingerprint density at radius 2 is 1.63 bits per heavy atom. The summed E-state index contributed by atoms with van der Waals surface area (Å²) in [6.07, 6.45) is 27.3. The summed E-state index contributed by atoms with van der Waals surface area (Å²) in [6.45, 7) is 2.12. The first-order valence-corrected chi connectivity index (χ1v) is 18.9. The number of rotatable bonds is 7. The van der Waals surface area contributed by atoms with Crippen molar-refractivity contribution in [2.75, 3.05) is 0 Å². The molecule has 5 heteroatoms. The summed E-state index contributed by atoms with van der Waals surface area (Å²) in [5.41, 5.74) is 9.59. The van der Waals surface area contributed by atoms with E-state index in [1.165, 1.54) is 43.7 Å². The van der Waals surface area contributed by atoms with Crippen LogP contribution in [0.25, 0.3) is 72.3 Å². The number of para-hydroxylation sites is 2. The fourth-order valence-electron chi connectivity index (χ4n) is 7.29. The zero-order valence-electron chi connectivity index (χ0n) is 29.1. The highest BCUT2D eigenvalue weighted by atomic mass is 32.1. The molecule has 0 saturated heterocycles. The molecule has 0 saturated carbocycles. The van der Waals surface area contributed by atoms with Crippen LogP contribution in [-0.2, 0) is 12.8 Å². The molecule has 3 aromatic heterocycles. The van der Waals surface area contributed by atoms with Gasteiger partial charge in [-0.25, -0.2) is 15.0 Å². The van der Waals surface area contributed by atoms with E-state index in [0.717, 1.165) is 64.3 Å². The van der Waals surface area contributed by atoms with E-state index in [1.807, 2.05) is 35.6 Å². The minimum Gasteiger partial charge on any atom is -0.455 e. The Bertz CT molecular complexity index is 2680. The number of allylic oxidation sites excluding steroid dienone is 11. The minimum absolute atomic E-state index is 0.591. The molecule has 0 bridgehead atoms. The maximum atomic E-state index is 6.46. The smallest absolute Gasteiger partial charge is 0.167 e. The Labute approximate surface area is 307 Å². The lowest BCUT2D eigenvalue weighted by Crippen LogP contribution is -2.00. The second-order valence-corrected chi connectivity index (χ2v) is 14.4. The Morgan fingerprint density at radius 1 is 0.788 bits per heavy atom. The summed E-state index contributed by atoms with van der Waals surface area (Å²) in [5, 5.41) is 3.39. The van der Waals surface area contributed by atoms with Gasteiger partial charge in [-0.1, -0.05) is 121 Å². The summed E-state index contributed by atoms with van der Waals surface area (Å²) in [5.74, 6) is 1.87. The minimum atomic E-state index is 0.591. The van der Waals surface area contributed by atoms with Gasteiger partial charge in [0, 0.05) is 43.3 Å². The third kappa shape index (κ3) is 6.18. The van der Waals surface area contributed by atoms with Gasteiger partial charge in [-0.15, -0.1) is 11.3 Å². The number of hydrogen-bond donors (Lipinski definition) is 0. The predicted molar refractivity (Wildman–Crippen MR) is 218 cm³/mol. The third-order valence-corrected chi connectivity index (χ3v) is 11.1. The Morgan fingerprint density at radius 3 is 2.56 bits per heavy atom. The number of thiophene rings is 1. The molecule has 7 aromatic rings. The van der Waals surface area contributed by atoms with Gasteiger partial charge in [0.25, 0.3) is 0 Å². The molecular weight excluding hydrogens is 655 g/mol. The summed E-state index contributed by atoms with van der Waals surface area (Å²) in [7, 11) is 0. The SMILES string of the molecule is C/C=C(\C=C/Cc1cccc(-c2nc(-c3ccc4c5c(sc4c3)CC=CC=C5)nc(-c3cccc4c3oc3ccccc34)n2)c1)C1=CC=CCCC1. The van der Waals surface area contributed by atoms with Crippen LogP contribution in [0.3, 0.4) is 0 Å². The van der Waals surface area contributed by atoms with E-state index in [4.69, 9.17) is 19.4 Å². The van der Waals surface area contributed by atoms with Crippen LogP contribution in [0.15, 0.2) is 155 Å². The molecule has 252 valence electrons. The monoisotopic (exact) mass is 691 g/mol. The standard InChI is InChI=1S/C47H37N3OS/c1-2-32(33-17-6-3-4-7-18-33)19-12-15-31-16-13-20-34(29-31)45-48-46(35-27-28-38-37-22-8-5-9-26-42(37)52-43(38)30-35)50-47(49-45)40-24-14-23-39-36-21-10-11-25-41(36)51-44(39)40/h2-3,5-6,8-14,16-17,19-25,27-30H,4,7,15,18,26H2,1H3/b19-12-,32-2+. The first-order valence-electron chi connectivity index (χ1n) is 18.1.